The number of ether oxygens (including phenoxy) is 1. The first-order valence-electron chi connectivity index (χ1n) is 10.0. The average molecular weight is 420 g/mol. The van der Waals surface area contributed by atoms with Crippen molar-refractivity contribution >= 4 is 11.9 Å². The van der Waals surface area contributed by atoms with E-state index in [1.54, 1.807) is 54.5 Å². The van der Waals surface area contributed by atoms with Gasteiger partial charge in [-0.05, 0) is 48.0 Å². The highest BCUT2D eigenvalue weighted by Crippen LogP contribution is 2.25. The molecule has 0 saturated heterocycles. The number of nitriles is 1. The topological polar surface area (TPSA) is 80.8 Å². The van der Waals surface area contributed by atoms with Crippen LogP contribution in [0.1, 0.15) is 21.5 Å². The molecule has 0 amide bonds. The van der Waals surface area contributed by atoms with Gasteiger partial charge in [0.2, 0.25) is 5.78 Å². The molecule has 0 spiro atoms. The number of aromatic nitrogens is 3. The summed E-state index contributed by atoms with van der Waals surface area (Å²) in [6.45, 7) is 0.566. The van der Waals surface area contributed by atoms with E-state index in [0.717, 1.165) is 11.1 Å². The molecule has 0 saturated carbocycles. The van der Waals surface area contributed by atoms with Crippen LogP contribution in [-0.4, -0.2) is 27.7 Å². The highest BCUT2D eigenvalue weighted by atomic mass is 16.5. The summed E-state index contributed by atoms with van der Waals surface area (Å²) in [7, 11) is 1.56. The highest BCUT2D eigenvalue weighted by Gasteiger charge is 2.16. The largest absolute Gasteiger partial charge is 0.497 e. The summed E-state index contributed by atoms with van der Waals surface area (Å²) in [4.78, 5) is 17.1. The van der Waals surface area contributed by atoms with Gasteiger partial charge in [-0.15, -0.1) is 0 Å². The predicted octanol–water partition coefficient (Wildman–Crippen LogP) is 4.79. The van der Waals surface area contributed by atoms with Crippen molar-refractivity contribution in [1.29, 1.82) is 5.26 Å². The Kier molecular flexibility index (Phi) is 6.19. The second-order valence-electron chi connectivity index (χ2n) is 7.09. The maximum Gasteiger partial charge on any atom is 0.203 e. The Hall–Kier alpha value is -4.50. The van der Waals surface area contributed by atoms with Gasteiger partial charge in [-0.1, -0.05) is 30.3 Å². The van der Waals surface area contributed by atoms with E-state index >= 15 is 0 Å². The third-order valence-electron chi connectivity index (χ3n) is 4.93. The Bertz CT molecular complexity index is 1290. The van der Waals surface area contributed by atoms with Gasteiger partial charge in [0.05, 0.1) is 13.7 Å². The van der Waals surface area contributed by atoms with Gasteiger partial charge in [-0.3, -0.25) is 14.5 Å². The summed E-state index contributed by atoms with van der Waals surface area (Å²) >= 11 is 0. The first-order chi connectivity index (χ1) is 15.7. The normalized spacial score (nSPS) is 11.1. The molecule has 6 nitrogen and oxygen atoms in total. The molecule has 0 fully saturated rings. The quantitative estimate of drug-likeness (QED) is 0.244. The first-order valence-corrected chi connectivity index (χ1v) is 10.0. The Morgan fingerprint density at radius 2 is 1.88 bits per heavy atom. The zero-order valence-corrected chi connectivity index (χ0v) is 17.5. The molecule has 156 valence electrons. The van der Waals surface area contributed by atoms with Gasteiger partial charge in [0.15, 0.2) is 0 Å². The minimum absolute atomic E-state index is 0.0274. The number of nitrogens with zero attached hydrogens (tertiary/aromatic N) is 4. The molecule has 0 radical (unpaired) electrons. The van der Waals surface area contributed by atoms with Crippen molar-refractivity contribution in [3.8, 4) is 23.1 Å². The van der Waals surface area contributed by atoms with E-state index in [0.29, 0.717) is 29.1 Å². The number of hydrogen-bond donors (Lipinski definition) is 0. The number of methoxy groups -OCH3 is 1. The third kappa shape index (κ3) is 4.63. The van der Waals surface area contributed by atoms with Crippen molar-refractivity contribution in [1.82, 2.24) is 14.8 Å². The molecule has 2 heterocycles. The molecule has 4 aromatic rings. The third-order valence-corrected chi connectivity index (χ3v) is 4.93. The lowest BCUT2D eigenvalue weighted by Crippen LogP contribution is -2.02. The summed E-state index contributed by atoms with van der Waals surface area (Å²) < 4.78 is 6.94. The summed E-state index contributed by atoms with van der Waals surface area (Å²) in [5, 5.41) is 14.4. The average Bonchev–Trinajstić information content (AvgIpc) is 3.25. The molecule has 0 bridgehead atoms. The van der Waals surface area contributed by atoms with Crippen molar-refractivity contribution in [3.63, 3.8) is 0 Å². The lowest BCUT2D eigenvalue weighted by atomic mass is 10.0. The number of pyridine rings is 1. The Morgan fingerprint density at radius 1 is 1.09 bits per heavy atom. The predicted molar refractivity (Wildman–Crippen MR) is 122 cm³/mol. The summed E-state index contributed by atoms with van der Waals surface area (Å²) in [6, 6.07) is 22.4. The van der Waals surface area contributed by atoms with Crippen LogP contribution in [0.3, 0.4) is 0 Å². The molecule has 6 heteroatoms. The number of carbonyl (C=O) groups is 1. The number of ketones is 1. The van der Waals surface area contributed by atoms with E-state index in [9.17, 15) is 10.1 Å². The maximum absolute atomic E-state index is 13.0. The Morgan fingerprint density at radius 3 is 2.53 bits per heavy atom. The van der Waals surface area contributed by atoms with Crippen LogP contribution in [0.2, 0.25) is 0 Å². The van der Waals surface area contributed by atoms with Crippen molar-refractivity contribution in [2.24, 2.45) is 0 Å². The number of hydrogen-bond acceptors (Lipinski definition) is 5. The Balaban J connectivity index is 1.73. The van der Waals surface area contributed by atoms with Crippen LogP contribution in [0.4, 0.5) is 0 Å². The van der Waals surface area contributed by atoms with Crippen LogP contribution in [-0.2, 0) is 6.54 Å². The lowest BCUT2D eigenvalue weighted by Gasteiger charge is -2.03. The van der Waals surface area contributed by atoms with E-state index in [4.69, 9.17) is 9.84 Å². The van der Waals surface area contributed by atoms with Gasteiger partial charge in [-0.2, -0.15) is 10.4 Å². The van der Waals surface area contributed by atoms with Crippen LogP contribution >= 0.6 is 0 Å². The Labute approximate surface area is 186 Å². The molecule has 0 N–H and O–H groups in total. The fraction of sp³-hybridized carbons (Fsp3) is 0.0769. The van der Waals surface area contributed by atoms with Crippen LogP contribution in [0.15, 0.2) is 90.9 Å². The van der Waals surface area contributed by atoms with Gasteiger partial charge in [0.25, 0.3) is 0 Å². The smallest absolute Gasteiger partial charge is 0.203 e. The first kappa shape index (κ1) is 20.8. The maximum atomic E-state index is 13.0. The second-order valence-corrected chi connectivity index (χ2v) is 7.09. The van der Waals surface area contributed by atoms with Crippen LogP contribution in [0.25, 0.3) is 17.3 Å². The minimum atomic E-state index is -0.358. The van der Waals surface area contributed by atoms with E-state index in [-0.39, 0.29) is 11.4 Å². The fourth-order valence-corrected chi connectivity index (χ4v) is 3.32. The zero-order chi connectivity index (χ0) is 22.3. The minimum Gasteiger partial charge on any atom is -0.497 e. The van der Waals surface area contributed by atoms with E-state index < -0.39 is 0 Å². The van der Waals surface area contributed by atoms with Gasteiger partial charge in [0.1, 0.15) is 23.1 Å². The molecule has 0 aliphatic heterocycles. The molecular formula is C26H20N4O2. The SMILES string of the molecule is COc1ccc(C(=O)/C(C#N)=C/c2cn(Cc3ccccc3)nc2-c2cccnc2)cc1. The van der Waals surface area contributed by atoms with Crippen LogP contribution in [0.5, 0.6) is 5.75 Å². The van der Waals surface area contributed by atoms with Gasteiger partial charge in [-0.25, -0.2) is 0 Å². The molecule has 0 aliphatic rings. The molecule has 2 aromatic heterocycles. The van der Waals surface area contributed by atoms with Crippen molar-refractivity contribution < 1.29 is 9.53 Å². The standard InChI is InChI=1S/C26H20N4O2/c1-32-24-11-9-20(10-12-24)26(31)22(15-27)14-23-18-30(17-19-6-3-2-4-7-19)29-25(23)21-8-5-13-28-16-21/h2-14,16,18H,17H2,1H3/b22-14+. The van der Waals surface area contributed by atoms with Crippen molar-refractivity contribution in [2.75, 3.05) is 7.11 Å². The number of rotatable bonds is 7. The van der Waals surface area contributed by atoms with Crippen LogP contribution < -0.4 is 4.74 Å². The van der Waals surface area contributed by atoms with Gasteiger partial charge >= 0.3 is 0 Å². The number of Topliss-reactive ketones (excluding diaryl/α,β-unsaturated/α-hetero) is 1. The number of carbonyl (C=O) groups excluding carboxylic acids is 1. The van der Waals surface area contributed by atoms with Crippen molar-refractivity contribution in [2.45, 2.75) is 6.54 Å². The summed E-state index contributed by atoms with van der Waals surface area (Å²) in [5.41, 5.74) is 3.67. The molecular weight excluding hydrogens is 400 g/mol. The molecule has 0 aliphatic carbocycles. The lowest BCUT2D eigenvalue weighted by molar-refractivity contribution is 0.104. The second kappa shape index (κ2) is 9.54. The van der Waals surface area contributed by atoms with Gasteiger partial charge < -0.3 is 4.74 Å². The number of allylic oxidation sites excluding steroid dienone is 1. The highest BCUT2D eigenvalue weighted by molar-refractivity contribution is 6.14. The molecule has 0 unspecified atom stereocenters. The molecule has 0 atom stereocenters. The number of benzene rings is 2. The van der Waals surface area contributed by atoms with Crippen molar-refractivity contribution in [3.05, 3.63) is 108 Å². The van der Waals surface area contributed by atoms with E-state index in [1.807, 2.05) is 54.7 Å². The fourth-order valence-electron chi connectivity index (χ4n) is 3.32. The van der Waals surface area contributed by atoms with E-state index in [2.05, 4.69) is 4.98 Å². The molecule has 4 rings (SSSR count). The molecule has 2 aromatic carbocycles. The van der Waals surface area contributed by atoms with E-state index in [1.165, 1.54) is 0 Å². The zero-order valence-electron chi connectivity index (χ0n) is 17.5. The summed E-state index contributed by atoms with van der Waals surface area (Å²) in [6.07, 6.45) is 6.83. The monoisotopic (exact) mass is 420 g/mol. The molecule has 32 heavy (non-hydrogen) atoms. The van der Waals surface area contributed by atoms with Crippen LogP contribution in [0, 0.1) is 11.3 Å². The summed E-state index contributed by atoms with van der Waals surface area (Å²) in [5.74, 6) is 0.285. The van der Waals surface area contributed by atoms with Gasteiger partial charge in [0, 0.05) is 35.3 Å².